The Labute approximate surface area is 130 Å². The van der Waals surface area contributed by atoms with Gasteiger partial charge < -0.3 is 0 Å². The van der Waals surface area contributed by atoms with Crippen molar-refractivity contribution in [2.24, 2.45) is 11.3 Å². The lowest BCUT2D eigenvalue weighted by atomic mass is 9.79. The second-order valence-corrected chi connectivity index (χ2v) is 8.05. The van der Waals surface area contributed by atoms with Crippen molar-refractivity contribution in [1.82, 2.24) is 0 Å². The summed E-state index contributed by atoms with van der Waals surface area (Å²) < 4.78 is 0. The van der Waals surface area contributed by atoms with Gasteiger partial charge in [0.1, 0.15) is 0 Å². The molecular formula is C20H42. The summed E-state index contributed by atoms with van der Waals surface area (Å²) >= 11 is 0. The topological polar surface area (TPSA) is 0 Å². The van der Waals surface area contributed by atoms with Crippen LogP contribution in [0.25, 0.3) is 0 Å². The number of hydrogen-bond acceptors (Lipinski definition) is 0. The van der Waals surface area contributed by atoms with Crippen LogP contribution in [-0.4, -0.2) is 0 Å². The molecule has 0 aromatic rings. The van der Waals surface area contributed by atoms with E-state index in [1.165, 1.54) is 83.5 Å². The first-order valence-electron chi connectivity index (χ1n) is 9.48. The molecule has 0 unspecified atom stereocenters. The van der Waals surface area contributed by atoms with Gasteiger partial charge in [-0.25, -0.2) is 0 Å². The smallest absolute Gasteiger partial charge is 0.0352 e. The lowest BCUT2D eigenvalue weighted by Gasteiger charge is -2.26. The quantitative estimate of drug-likeness (QED) is 0.285. The first-order chi connectivity index (χ1) is 9.48. The Morgan fingerprint density at radius 1 is 0.650 bits per heavy atom. The van der Waals surface area contributed by atoms with Crippen molar-refractivity contribution in [3.8, 4) is 0 Å². The normalized spacial score (nSPS) is 12.3. The number of hydrogen-bond donors (Lipinski definition) is 0. The van der Waals surface area contributed by atoms with Crippen LogP contribution in [0.5, 0.6) is 0 Å². The van der Waals surface area contributed by atoms with E-state index in [4.69, 9.17) is 0 Å². The van der Waals surface area contributed by atoms with Gasteiger partial charge in [0, 0.05) is 0 Å². The summed E-state index contributed by atoms with van der Waals surface area (Å²) in [5.74, 6) is 0.845. The van der Waals surface area contributed by atoms with Crippen molar-refractivity contribution in [3.05, 3.63) is 0 Å². The molecule has 0 saturated carbocycles. The van der Waals surface area contributed by atoms with Gasteiger partial charge in [-0.15, -0.1) is 0 Å². The van der Waals surface area contributed by atoms with Gasteiger partial charge in [0.15, 0.2) is 0 Å². The highest BCUT2D eigenvalue weighted by molar-refractivity contribution is 4.70. The molecule has 0 radical (unpaired) electrons. The van der Waals surface area contributed by atoms with E-state index in [0.717, 1.165) is 5.92 Å². The summed E-state index contributed by atoms with van der Waals surface area (Å²) in [5.41, 5.74) is 0.563. The molecule has 0 nitrogen and oxygen atoms in total. The van der Waals surface area contributed by atoms with E-state index in [1.54, 1.807) is 0 Å². The molecule has 0 amide bonds. The Bertz CT molecular complexity index is 190. The van der Waals surface area contributed by atoms with E-state index in [2.05, 4.69) is 34.6 Å². The van der Waals surface area contributed by atoms with Gasteiger partial charge in [-0.05, 0) is 24.2 Å². The lowest BCUT2D eigenvalue weighted by Crippen LogP contribution is -2.14. The van der Waals surface area contributed by atoms with Crippen LogP contribution in [-0.2, 0) is 0 Å². The average Bonchev–Trinajstić information content (AvgIpc) is 2.34. The van der Waals surface area contributed by atoms with Crippen molar-refractivity contribution < 1.29 is 0 Å². The summed E-state index contributed by atoms with van der Waals surface area (Å²) in [6.07, 6.45) is 18.8. The average molecular weight is 283 g/mol. The van der Waals surface area contributed by atoms with Crippen molar-refractivity contribution in [3.63, 3.8) is 0 Å². The van der Waals surface area contributed by atoms with Gasteiger partial charge >= 0.3 is 0 Å². The van der Waals surface area contributed by atoms with Crippen molar-refractivity contribution in [2.45, 2.75) is 118 Å². The number of unbranched alkanes of at least 4 members (excludes halogenated alkanes) is 10. The molecule has 0 aliphatic rings. The molecule has 0 aliphatic carbocycles. The predicted octanol–water partition coefficient (Wildman–Crippen LogP) is 7.76. The zero-order chi connectivity index (χ0) is 15.3. The summed E-state index contributed by atoms with van der Waals surface area (Å²) in [7, 11) is 0. The van der Waals surface area contributed by atoms with Crippen LogP contribution in [0.15, 0.2) is 0 Å². The predicted molar refractivity (Wildman–Crippen MR) is 94.3 cm³/mol. The molecule has 0 spiro atoms. The first-order valence-corrected chi connectivity index (χ1v) is 9.48. The number of rotatable bonds is 14. The molecule has 0 bridgehead atoms. The maximum atomic E-state index is 2.45. The minimum absolute atomic E-state index is 0.563. The largest absolute Gasteiger partial charge is 0.0654 e. The third-order valence-corrected chi connectivity index (χ3v) is 4.42. The fourth-order valence-corrected chi connectivity index (χ4v) is 3.48. The molecule has 0 aromatic heterocycles. The molecule has 0 heterocycles. The third kappa shape index (κ3) is 14.4. The fraction of sp³-hybridized carbons (Fsp3) is 1.00. The van der Waals surface area contributed by atoms with Crippen LogP contribution in [0.4, 0.5) is 0 Å². The van der Waals surface area contributed by atoms with Crippen molar-refractivity contribution in [2.75, 3.05) is 0 Å². The van der Waals surface area contributed by atoms with Crippen LogP contribution in [0.2, 0.25) is 0 Å². The summed E-state index contributed by atoms with van der Waals surface area (Å²) in [6, 6.07) is 0. The van der Waals surface area contributed by atoms with E-state index in [1.807, 2.05) is 0 Å². The molecular weight excluding hydrogens is 240 g/mol. The summed E-state index contributed by atoms with van der Waals surface area (Å²) in [4.78, 5) is 0. The van der Waals surface area contributed by atoms with E-state index in [0.29, 0.717) is 5.41 Å². The Morgan fingerprint density at radius 2 is 1.05 bits per heavy atom. The third-order valence-electron chi connectivity index (χ3n) is 4.42. The molecule has 0 saturated heterocycles. The maximum absolute atomic E-state index is 2.45. The molecule has 0 fully saturated rings. The molecule has 20 heavy (non-hydrogen) atoms. The van der Waals surface area contributed by atoms with Gasteiger partial charge in [0.2, 0.25) is 0 Å². The van der Waals surface area contributed by atoms with Crippen molar-refractivity contribution >= 4 is 0 Å². The zero-order valence-electron chi connectivity index (χ0n) is 15.3. The highest BCUT2D eigenvalue weighted by Gasteiger charge is 2.18. The standard InChI is InChI=1S/C20H42/c1-6-7-8-9-10-11-12-13-14-15-16-17-20(4,5)18-19(2)3/h19H,6-18H2,1-5H3. The highest BCUT2D eigenvalue weighted by Crippen LogP contribution is 2.31. The molecule has 122 valence electrons. The fourth-order valence-electron chi connectivity index (χ4n) is 3.48. The molecule has 0 aromatic carbocycles. The van der Waals surface area contributed by atoms with Crippen LogP contribution in [0, 0.1) is 11.3 Å². The molecule has 0 aliphatic heterocycles. The second-order valence-electron chi connectivity index (χ2n) is 8.05. The minimum Gasteiger partial charge on any atom is -0.0654 e. The van der Waals surface area contributed by atoms with Gasteiger partial charge in [-0.3, -0.25) is 0 Å². The Hall–Kier alpha value is 0. The van der Waals surface area contributed by atoms with Crippen LogP contribution in [0.1, 0.15) is 118 Å². The van der Waals surface area contributed by atoms with E-state index >= 15 is 0 Å². The first kappa shape index (κ1) is 20.0. The SMILES string of the molecule is CCCCCCCCCCCCCC(C)(C)CC(C)C. The molecule has 0 rings (SSSR count). The Morgan fingerprint density at radius 3 is 1.45 bits per heavy atom. The van der Waals surface area contributed by atoms with Crippen LogP contribution >= 0.6 is 0 Å². The molecule has 0 atom stereocenters. The molecule has 0 heteroatoms. The highest BCUT2D eigenvalue weighted by atomic mass is 14.2. The van der Waals surface area contributed by atoms with Gasteiger partial charge in [0.25, 0.3) is 0 Å². The Balaban J connectivity index is 3.24. The Kier molecular flexibility index (Phi) is 12.7. The van der Waals surface area contributed by atoms with Gasteiger partial charge in [-0.2, -0.15) is 0 Å². The summed E-state index contributed by atoms with van der Waals surface area (Å²) in [5, 5.41) is 0. The lowest BCUT2D eigenvalue weighted by molar-refractivity contribution is 0.256. The van der Waals surface area contributed by atoms with Gasteiger partial charge in [-0.1, -0.05) is 105 Å². The van der Waals surface area contributed by atoms with Crippen LogP contribution in [0.3, 0.4) is 0 Å². The van der Waals surface area contributed by atoms with E-state index in [-0.39, 0.29) is 0 Å². The zero-order valence-corrected chi connectivity index (χ0v) is 15.3. The molecule has 0 N–H and O–H groups in total. The van der Waals surface area contributed by atoms with Crippen molar-refractivity contribution in [1.29, 1.82) is 0 Å². The summed E-state index contributed by atoms with van der Waals surface area (Å²) in [6.45, 7) is 11.9. The van der Waals surface area contributed by atoms with Gasteiger partial charge in [0.05, 0.1) is 0 Å². The minimum atomic E-state index is 0.563. The monoisotopic (exact) mass is 282 g/mol. The van der Waals surface area contributed by atoms with Crippen LogP contribution < -0.4 is 0 Å². The maximum Gasteiger partial charge on any atom is -0.0352 e. The second kappa shape index (κ2) is 12.7. The van der Waals surface area contributed by atoms with E-state index in [9.17, 15) is 0 Å². The van der Waals surface area contributed by atoms with E-state index < -0.39 is 0 Å².